The van der Waals surface area contributed by atoms with Crippen molar-refractivity contribution >= 4 is 23.4 Å². The lowest BCUT2D eigenvalue weighted by molar-refractivity contribution is 0.447. The minimum Gasteiger partial charge on any atom is -0.204 e. The minimum absolute atomic E-state index is 0.284. The Balaban J connectivity index is 2.23. The Hall–Kier alpha value is -1.39. The van der Waals surface area contributed by atoms with E-state index in [1.165, 1.54) is 0 Å². The monoisotopic (exact) mass is 398 g/mol. The largest absolute Gasteiger partial charge is 0.204 e. The summed E-state index contributed by atoms with van der Waals surface area (Å²) < 4.78 is 40.2. The van der Waals surface area contributed by atoms with Gasteiger partial charge in [-0.05, 0) is 61.1 Å². The second-order valence-corrected chi connectivity index (χ2v) is 8.00. The predicted molar refractivity (Wildman–Crippen MR) is 105 cm³/mol. The van der Waals surface area contributed by atoms with Gasteiger partial charge >= 0.3 is 0 Å². The topological polar surface area (TPSA) is 0 Å². The number of hydrogen-bond acceptors (Lipinski definition) is 1. The van der Waals surface area contributed by atoms with E-state index >= 15 is 0 Å². The SMILES string of the molecule is C=C(C)CC(CCC)CSc1cc(-c2cc(F)c(F)c(F)c2)ccc1Cl. The number of thioether (sulfide) groups is 1. The van der Waals surface area contributed by atoms with Gasteiger partial charge in [0.1, 0.15) is 0 Å². The van der Waals surface area contributed by atoms with Crippen LogP contribution in [-0.2, 0) is 0 Å². The third kappa shape index (κ3) is 5.55. The molecule has 5 heteroatoms. The Labute approximate surface area is 162 Å². The molecule has 0 fully saturated rings. The molecule has 2 rings (SSSR count). The van der Waals surface area contributed by atoms with Crippen LogP contribution in [0.15, 0.2) is 47.4 Å². The first-order chi connectivity index (χ1) is 12.3. The van der Waals surface area contributed by atoms with E-state index in [2.05, 4.69) is 13.5 Å². The van der Waals surface area contributed by atoms with Crippen LogP contribution in [0.25, 0.3) is 11.1 Å². The summed E-state index contributed by atoms with van der Waals surface area (Å²) in [6.07, 6.45) is 3.17. The van der Waals surface area contributed by atoms with E-state index in [9.17, 15) is 13.2 Å². The van der Waals surface area contributed by atoms with E-state index in [0.29, 0.717) is 16.5 Å². The van der Waals surface area contributed by atoms with Gasteiger partial charge < -0.3 is 0 Å². The van der Waals surface area contributed by atoms with Crippen molar-refractivity contribution in [3.8, 4) is 11.1 Å². The summed E-state index contributed by atoms with van der Waals surface area (Å²) in [4.78, 5) is 0.845. The van der Waals surface area contributed by atoms with Gasteiger partial charge in [-0.3, -0.25) is 0 Å². The van der Waals surface area contributed by atoms with E-state index in [4.69, 9.17) is 11.6 Å². The Morgan fingerprint density at radius 1 is 1.12 bits per heavy atom. The van der Waals surface area contributed by atoms with Crippen LogP contribution in [0.4, 0.5) is 13.2 Å². The fourth-order valence-corrected chi connectivity index (χ4v) is 4.27. The summed E-state index contributed by atoms with van der Waals surface area (Å²) >= 11 is 7.91. The number of rotatable bonds is 8. The van der Waals surface area contributed by atoms with Gasteiger partial charge in [0, 0.05) is 10.6 Å². The Kier molecular flexibility index (Phi) is 7.66. The minimum atomic E-state index is -1.46. The van der Waals surface area contributed by atoms with Crippen molar-refractivity contribution in [3.05, 3.63) is 65.0 Å². The summed E-state index contributed by atoms with van der Waals surface area (Å²) in [5, 5.41) is 0.590. The Morgan fingerprint density at radius 2 is 1.77 bits per heavy atom. The third-order valence-corrected chi connectivity index (χ3v) is 5.79. The van der Waals surface area contributed by atoms with E-state index in [-0.39, 0.29) is 5.56 Å². The summed E-state index contributed by atoms with van der Waals surface area (Å²) in [5.41, 5.74) is 2.04. The van der Waals surface area contributed by atoms with Gasteiger partial charge in [-0.1, -0.05) is 36.6 Å². The first kappa shape index (κ1) is 20.9. The summed E-state index contributed by atoms with van der Waals surface area (Å²) in [5.74, 6) is -2.47. The van der Waals surface area contributed by atoms with Gasteiger partial charge in [0.2, 0.25) is 0 Å². The zero-order chi connectivity index (χ0) is 19.3. The summed E-state index contributed by atoms with van der Waals surface area (Å²) in [7, 11) is 0. The fraction of sp³-hybridized carbons (Fsp3) is 0.333. The summed E-state index contributed by atoms with van der Waals surface area (Å²) in [6, 6.07) is 7.17. The summed E-state index contributed by atoms with van der Waals surface area (Å²) in [6.45, 7) is 8.17. The van der Waals surface area contributed by atoms with Gasteiger partial charge in [-0.2, -0.15) is 0 Å². The molecule has 0 aromatic heterocycles. The highest BCUT2D eigenvalue weighted by Gasteiger charge is 2.14. The van der Waals surface area contributed by atoms with E-state index in [1.807, 2.05) is 6.92 Å². The average Bonchev–Trinajstić information content (AvgIpc) is 2.58. The van der Waals surface area contributed by atoms with Crippen molar-refractivity contribution in [2.24, 2.45) is 5.92 Å². The molecule has 0 bridgehead atoms. The molecule has 0 saturated heterocycles. The van der Waals surface area contributed by atoms with Crippen LogP contribution in [0.2, 0.25) is 5.02 Å². The van der Waals surface area contributed by atoms with E-state index < -0.39 is 17.5 Å². The molecule has 0 aliphatic carbocycles. The lowest BCUT2D eigenvalue weighted by Crippen LogP contribution is -2.04. The zero-order valence-electron chi connectivity index (χ0n) is 14.9. The van der Waals surface area contributed by atoms with Gasteiger partial charge in [-0.25, -0.2) is 13.2 Å². The van der Waals surface area contributed by atoms with Gasteiger partial charge in [-0.15, -0.1) is 18.3 Å². The molecule has 2 aromatic carbocycles. The molecule has 140 valence electrons. The van der Waals surface area contributed by atoms with Crippen LogP contribution >= 0.6 is 23.4 Å². The first-order valence-corrected chi connectivity index (χ1v) is 9.89. The molecule has 0 heterocycles. The lowest BCUT2D eigenvalue weighted by atomic mass is 9.98. The van der Waals surface area contributed by atoms with Crippen LogP contribution in [0.1, 0.15) is 33.1 Å². The average molecular weight is 399 g/mol. The van der Waals surface area contributed by atoms with Gasteiger partial charge in [0.05, 0.1) is 5.02 Å². The lowest BCUT2D eigenvalue weighted by Gasteiger charge is -2.16. The van der Waals surface area contributed by atoms with Crippen LogP contribution in [-0.4, -0.2) is 5.75 Å². The molecule has 0 aliphatic rings. The molecule has 0 N–H and O–H groups in total. The molecule has 0 amide bonds. The van der Waals surface area contributed by atoms with E-state index in [0.717, 1.165) is 47.6 Å². The second kappa shape index (κ2) is 9.52. The zero-order valence-corrected chi connectivity index (χ0v) is 16.5. The molecule has 0 saturated carbocycles. The molecule has 26 heavy (non-hydrogen) atoms. The number of hydrogen-bond donors (Lipinski definition) is 0. The molecule has 0 spiro atoms. The van der Waals surface area contributed by atoms with Crippen molar-refractivity contribution in [1.29, 1.82) is 0 Å². The fourth-order valence-electron chi connectivity index (χ4n) is 2.87. The van der Waals surface area contributed by atoms with Crippen molar-refractivity contribution in [3.63, 3.8) is 0 Å². The highest BCUT2D eigenvalue weighted by molar-refractivity contribution is 7.99. The number of halogens is 4. The van der Waals surface area contributed by atoms with Gasteiger partial charge in [0.25, 0.3) is 0 Å². The number of allylic oxidation sites excluding steroid dienone is 1. The smallest absolute Gasteiger partial charge is 0.194 e. The maximum absolute atomic E-state index is 13.5. The highest BCUT2D eigenvalue weighted by Crippen LogP contribution is 2.35. The molecular formula is C21H22ClF3S. The Bertz CT molecular complexity index is 766. The Morgan fingerprint density at radius 3 is 2.35 bits per heavy atom. The number of benzene rings is 2. The molecule has 2 aromatic rings. The molecule has 1 unspecified atom stereocenters. The van der Waals surface area contributed by atoms with Gasteiger partial charge in [0.15, 0.2) is 17.5 Å². The van der Waals surface area contributed by atoms with Crippen molar-refractivity contribution in [1.82, 2.24) is 0 Å². The first-order valence-electron chi connectivity index (χ1n) is 8.53. The van der Waals surface area contributed by atoms with Crippen LogP contribution in [0, 0.1) is 23.4 Å². The van der Waals surface area contributed by atoms with Crippen LogP contribution in [0.5, 0.6) is 0 Å². The predicted octanol–water partition coefficient (Wildman–Crippen LogP) is 7.90. The molecule has 0 nitrogen and oxygen atoms in total. The normalized spacial score (nSPS) is 12.2. The molecular weight excluding hydrogens is 377 g/mol. The quantitative estimate of drug-likeness (QED) is 0.247. The molecule has 0 radical (unpaired) electrons. The van der Waals surface area contributed by atoms with Crippen LogP contribution < -0.4 is 0 Å². The third-order valence-electron chi connectivity index (χ3n) is 4.06. The molecule has 0 aliphatic heterocycles. The van der Waals surface area contributed by atoms with Crippen molar-refractivity contribution in [2.75, 3.05) is 5.75 Å². The highest BCUT2D eigenvalue weighted by atomic mass is 35.5. The van der Waals surface area contributed by atoms with Crippen LogP contribution in [0.3, 0.4) is 0 Å². The van der Waals surface area contributed by atoms with Crippen molar-refractivity contribution < 1.29 is 13.2 Å². The maximum atomic E-state index is 13.5. The second-order valence-electron chi connectivity index (χ2n) is 6.53. The molecule has 1 atom stereocenters. The van der Waals surface area contributed by atoms with Crippen molar-refractivity contribution in [2.45, 2.75) is 38.0 Å². The maximum Gasteiger partial charge on any atom is 0.194 e. The van der Waals surface area contributed by atoms with E-state index in [1.54, 1.807) is 30.0 Å². The standard InChI is InChI=1S/C21H22ClF3S/c1-4-5-14(8-13(2)3)12-26-20-11-15(6-7-17(20)22)16-9-18(23)21(25)19(24)10-16/h6-7,9-11,14H,2,4-5,8,12H2,1,3H3.